The van der Waals surface area contributed by atoms with Gasteiger partial charge in [-0.05, 0) is 44.2 Å². The van der Waals surface area contributed by atoms with E-state index in [1.807, 2.05) is 44.2 Å². The van der Waals surface area contributed by atoms with E-state index in [0.717, 1.165) is 11.4 Å². The molecule has 0 bridgehead atoms. The molecule has 0 saturated carbocycles. The SMILES string of the molecule is COc1cc(C(=O)Nc2c(C)nn(-c3ccccc3)c2C)ccc1OCC(=O)N1CCOCC1. The summed E-state index contributed by atoms with van der Waals surface area (Å²) in [5.41, 5.74) is 3.51. The zero-order valence-electron chi connectivity index (χ0n) is 19.5. The topological polar surface area (TPSA) is 94.9 Å². The zero-order chi connectivity index (χ0) is 24.1. The van der Waals surface area contributed by atoms with Gasteiger partial charge >= 0.3 is 0 Å². The van der Waals surface area contributed by atoms with Crippen LogP contribution in [-0.4, -0.2) is 66.5 Å². The molecule has 0 radical (unpaired) electrons. The number of nitrogens with one attached hydrogen (secondary N) is 1. The normalized spacial score (nSPS) is 13.4. The molecule has 178 valence electrons. The number of aryl methyl sites for hydroxylation is 1. The molecule has 1 aliphatic heterocycles. The van der Waals surface area contributed by atoms with E-state index >= 15 is 0 Å². The molecule has 0 atom stereocenters. The average molecular weight is 465 g/mol. The fraction of sp³-hybridized carbons (Fsp3) is 0.320. The monoisotopic (exact) mass is 464 g/mol. The van der Waals surface area contributed by atoms with E-state index in [1.165, 1.54) is 7.11 Å². The van der Waals surface area contributed by atoms with Gasteiger partial charge in [-0.15, -0.1) is 0 Å². The van der Waals surface area contributed by atoms with Gasteiger partial charge in [-0.1, -0.05) is 18.2 Å². The first-order valence-corrected chi connectivity index (χ1v) is 11.1. The van der Waals surface area contributed by atoms with Crippen molar-refractivity contribution in [1.82, 2.24) is 14.7 Å². The van der Waals surface area contributed by atoms with Gasteiger partial charge in [0.15, 0.2) is 18.1 Å². The molecule has 0 unspecified atom stereocenters. The summed E-state index contributed by atoms with van der Waals surface area (Å²) in [6.07, 6.45) is 0. The van der Waals surface area contributed by atoms with Crippen molar-refractivity contribution in [2.75, 3.05) is 45.3 Å². The Hall–Kier alpha value is -3.85. The maximum atomic E-state index is 13.0. The van der Waals surface area contributed by atoms with Gasteiger partial charge in [-0.3, -0.25) is 9.59 Å². The van der Waals surface area contributed by atoms with Crippen molar-refractivity contribution in [2.45, 2.75) is 13.8 Å². The van der Waals surface area contributed by atoms with E-state index in [-0.39, 0.29) is 18.4 Å². The van der Waals surface area contributed by atoms with Crippen molar-refractivity contribution in [1.29, 1.82) is 0 Å². The summed E-state index contributed by atoms with van der Waals surface area (Å²) in [7, 11) is 1.49. The van der Waals surface area contributed by atoms with Crippen molar-refractivity contribution < 1.29 is 23.8 Å². The molecule has 1 saturated heterocycles. The third kappa shape index (κ3) is 5.04. The molecule has 9 nitrogen and oxygen atoms in total. The van der Waals surface area contributed by atoms with Crippen molar-refractivity contribution in [2.24, 2.45) is 0 Å². The maximum absolute atomic E-state index is 13.0. The number of benzene rings is 2. The fourth-order valence-corrected chi connectivity index (χ4v) is 3.80. The highest BCUT2D eigenvalue weighted by Gasteiger charge is 2.20. The van der Waals surface area contributed by atoms with Crippen LogP contribution in [0, 0.1) is 13.8 Å². The van der Waals surface area contributed by atoms with E-state index in [2.05, 4.69) is 10.4 Å². The second-order valence-electron chi connectivity index (χ2n) is 7.89. The fourth-order valence-electron chi connectivity index (χ4n) is 3.80. The zero-order valence-corrected chi connectivity index (χ0v) is 19.5. The Morgan fingerprint density at radius 1 is 1.06 bits per heavy atom. The lowest BCUT2D eigenvalue weighted by molar-refractivity contribution is -0.137. The first kappa shape index (κ1) is 23.3. The third-order valence-corrected chi connectivity index (χ3v) is 5.67. The van der Waals surface area contributed by atoms with Crippen molar-refractivity contribution in [3.63, 3.8) is 0 Å². The Bertz CT molecular complexity index is 1170. The number of methoxy groups -OCH3 is 1. The van der Waals surface area contributed by atoms with Crippen molar-refractivity contribution in [3.05, 3.63) is 65.5 Å². The molecule has 4 rings (SSSR count). The van der Waals surface area contributed by atoms with E-state index in [1.54, 1.807) is 27.8 Å². The molecule has 34 heavy (non-hydrogen) atoms. The molecule has 9 heteroatoms. The summed E-state index contributed by atoms with van der Waals surface area (Å²) in [5, 5.41) is 7.53. The van der Waals surface area contributed by atoms with Gasteiger partial charge in [-0.2, -0.15) is 5.10 Å². The lowest BCUT2D eigenvalue weighted by Crippen LogP contribution is -2.43. The number of hydrogen-bond acceptors (Lipinski definition) is 6. The minimum Gasteiger partial charge on any atom is -0.493 e. The van der Waals surface area contributed by atoms with Crippen LogP contribution in [0.5, 0.6) is 11.5 Å². The number of nitrogens with zero attached hydrogens (tertiary/aromatic N) is 3. The first-order valence-electron chi connectivity index (χ1n) is 11.1. The molecular formula is C25H28N4O5. The van der Waals surface area contributed by atoms with Gasteiger partial charge < -0.3 is 24.4 Å². The van der Waals surface area contributed by atoms with Crippen LogP contribution in [0.15, 0.2) is 48.5 Å². The highest BCUT2D eigenvalue weighted by molar-refractivity contribution is 6.05. The number of amides is 2. The molecule has 0 spiro atoms. The molecule has 2 amide bonds. The quantitative estimate of drug-likeness (QED) is 0.578. The van der Waals surface area contributed by atoms with Crippen molar-refractivity contribution >= 4 is 17.5 Å². The lowest BCUT2D eigenvalue weighted by Gasteiger charge is -2.26. The number of ether oxygens (including phenoxy) is 3. The Labute approximate surface area is 198 Å². The molecule has 1 aromatic heterocycles. The smallest absolute Gasteiger partial charge is 0.260 e. The van der Waals surface area contributed by atoms with Crippen LogP contribution in [-0.2, 0) is 9.53 Å². The van der Waals surface area contributed by atoms with Crippen LogP contribution >= 0.6 is 0 Å². The maximum Gasteiger partial charge on any atom is 0.260 e. The number of anilines is 1. The molecular weight excluding hydrogens is 436 g/mol. The molecule has 1 fully saturated rings. The number of carbonyl (C=O) groups excluding carboxylic acids is 2. The van der Waals surface area contributed by atoms with E-state index < -0.39 is 0 Å². The predicted octanol–water partition coefficient (Wildman–Crippen LogP) is 2.99. The number of rotatable bonds is 7. The molecule has 3 aromatic rings. The summed E-state index contributed by atoms with van der Waals surface area (Å²) < 4.78 is 18.2. The number of morpholine rings is 1. The Balaban J connectivity index is 1.46. The lowest BCUT2D eigenvalue weighted by atomic mass is 10.1. The highest BCUT2D eigenvalue weighted by atomic mass is 16.5. The third-order valence-electron chi connectivity index (χ3n) is 5.67. The van der Waals surface area contributed by atoms with Crippen LogP contribution in [0.25, 0.3) is 5.69 Å². The van der Waals surface area contributed by atoms with Gasteiger partial charge in [0.05, 0.1) is 43.1 Å². The van der Waals surface area contributed by atoms with Gasteiger partial charge in [0.2, 0.25) is 0 Å². The Morgan fingerprint density at radius 3 is 2.50 bits per heavy atom. The minimum atomic E-state index is -0.298. The molecule has 2 aromatic carbocycles. The summed E-state index contributed by atoms with van der Waals surface area (Å²) in [6, 6.07) is 14.6. The summed E-state index contributed by atoms with van der Waals surface area (Å²) in [5.74, 6) is 0.349. The van der Waals surface area contributed by atoms with Gasteiger partial charge in [-0.25, -0.2) is 4.68 Å². The second kappa shape index (κ2) is 10.4. The van der Waals surface area contributed by atoms with Gasteiger partial charge in [0, 0.05) is 18.7 Å². The molecule has 1 aliphatic rings. The predicted molar refractivity (Wildman–Crippen MR) is 127 cm³/mol. The number of carbonyl (C=O) groups is 2. The number of hydrogen-bond donors (Lipinski definition) is 1. The first-order chi connectivity index (χ1) is 16.5. The number of para-hydroxylation sites is 1. The standard InChI is InChI=1S/C25H28N4O5/c1-17-24(18(2)29(27-17)20-7-5-4-6-8-20)26-25(31)19-9-10-21(22(15-19)32-3)34-16-23(30)28-11-13-33-14-12-28/h4-10,15H,11-14,16H2,1-3H3,(H,26,31). The van der Waals surface area contributed by atoms with Crippen LogP contribution in [0.1, 0.15) is 21.7 Å². The Morgan fingerprint density at radius 2 is 1.79 bits per heavy atom. The van der Waals surface area contributed by atoms with E-state index in [4.69, 9.17) is 14.2 Å². The van der Waals surface area contributed by atoms with Crippen LogP contribution in [0.2, 0.25) is 0 Å². The molecule has 2 heterocycles. The van der Waals surface area contributed by atoms with E-state index in [0.29, 0.717) is 54.7 Å². The van der Waals surface area contributed by atoms with Crippen LogP contribution in [0.3, 0.4) is 0 Å². The second-order valence-corrected chi connectivity index (χ2v) is 7.89. The summed E-state index contributed by atoms with van der Waals surface area (Å²) in [4.78, 5) is 27.1. The summed E-state index contributed by atoms with van der Waals surface area (Å²) >= 11 is 0. The summed E-state index contributed by atoms with van der Waals surface area (Å²) in [6.45, 7) is 5.82. The Kier molecular flexibility index (Phi) is 7.12. The van der Waals surface area contributed by atoms with E-state index in [9.17, 15) is 9.59 Å². The van der Waals surface area contributed by atoms with Crippen LogP contribution < -0.4 is 14.8 Å². The largest absolute Gasteiger partial charge is 0.493 e. The highest BCUT2D eigenvalue weighted by Crippen LogP contribution is 2.29. The average Bonchev–Trinajstić information content (AvgIpc) is 3.16. The molecule has 1 N–H and O–H groups in total. The molecule has 0 aliphatic carbocycles. The van der Waals surface area contributed by atoms with Gasteiger partial charge in [0.25, 0.3) is 11.8 Å². The van der Waals surface area contributed by atoms with Crippen LogP contribution in [0.4, 0.5) is 5.69 Å². The minimum absolute atomic E-state index is 0.112. The van der Waals surface area contributed by atoms with Crippen molar-refractivity contribution in [3.8, 4) is 17.2 Å². The van der Waals surface area contributed by atoms with Gasteiger partial charge in [0.1, 0.15) is 0 Å². The number of aromatic nitrogens is 2.